The first-order valence-corrected chi connectivity index (χ1v) is 8.83. The molecule has 1 aliphatic heterocycles. The van der Waals surface area contributed by atoms with Crippen LogP contribution in [0.4, 0.5) is 0 Å². The zero-order chi connectivity index (χ0) is 20.1. The normalized spacial score (nSPS) is 12.1. The summed E-state index contributed by atoms with van der Waals surface area (Å²) in [4.78, 5) is 23.7. The van der Waals surface area contributed by atoms with Crippen LogP contribution in [0.2, 0.25) is 0 Å². The minimum absolute atomic E-state index is 0.0495. The molecule has 2 aromatic carbocycles. The number of carbonyl (C=O) groups is 2. The van der Waals surface area contributed by atoms with Crippen molar-refractivity contribution in [2.75, 3.05) is 13.9 Å². The number of phenolic OH excluding ortho intramolecular Hbond substituents is 1. The second-order valence-electron chi connectivity index (χ2n) is 5.62. The molecule has 3 N–H and O–H groups in total. The summed E-state index contributed by atoms with van der Waals surface area (Å²) in [6.07, 6.45) is 1.32. The van der Waals surface area contributed by atoms with E-state index in [4.69, 9.17) is 14.2 Å². The van der Waals surface area contributed by atoms with Crippen molar-refractivity contribution < 1.29 is 28.9 Å². The third-order valence-electron chi connectivity index (χ3n) is 3.75. The summed E-state index contributed by atoms with van der Waals surface area (Å²) in [5.74, 6) is -0.327. The van der Waals surface area contributed by atoms with Crippen LogP contribution in [0, 0.1) is 0 Å². The van der Waals surface area contributed by atoms with Gasteiger partial charge < -0.3 is 24.6 Å². The number of aromatic hydroxyl groups is 1. The van der Waals surface area contributed by atoms with E-state index in [0.29, 0.717) is 21.5 Å². The molecule has 0 saturated carbocycles. The molecule has 146 valence electrons. The molecule has 0 atom stereocenters. The van der Waals surface area contributed by atoms with Crippen molar-refractivity contribution in [3.63, 3.8) is 0 Å². The molecule has 2 aromatic rings. The summed E-state index contributed by atoms with van der Waals surface area (Å²) in [6, 6.07) is 8.33. The molecule has 2 amide bonds. The SMILES string of the molecule is COc1cc(/C=N\NC(=O)C(=O)NCc2ccc3c(c2)OCO3)cc(Br)c1O. The molecule has 0 unspecified atom stereocenters. The lowest BCUT2D eigenvalue weighted by atomic mass is 10.2. The quantitative estimate of drug-likeness (QED) is 0.362. The van der Waals surface area contributed by atoms with Gasteiger partial charge in [0.15, 0.2) is 23.0 Å². The van der Waals surface area contributed by atoms with E-state index >= 15 is 0 Å². The fraction of sp³-hybridized carbons (Fsp3) is 0.167. The number of phenols is 1. The van der Waals surface area contributed by atoms with E-state index in [1.54, 1.807) is 24.3 Å². The molecule has 28 heavy (non-hydrogen) atoms. The van der Waals surface area contributed by atoms with Gasteiger partial charge in [-0.05, 0) is 51.3 Å². The summed E-state index contributed by atoms with van der Waals surface area (Å²) in [5.41, 5.74) is 3.44. The molecule has 10 heteroatoms. The van der Waals surface area contributed by atoms with Gasteiger partial charge in [0.05, 0.1) is 17.8 Å². The number of fused-ring (bicyclic) bond motifs is 1. The number of nitrogens with zero attached hydrogens (tertiary/aromatic N) is 1. The van der Waals surface area contributed by atoms with E-state index in [9.17, 15) is 14.7 Å². The third kappa shape index (κ3) is 4.52. The van der Waals surface area contributed by atoms with Gasteiger partial charge in [0.2, 0.25) is 6.79 Å². The standard InChI is InChI=1S/C18H16BrN3O6/c1-26-15-6-11(4-12(19)16(15)23)8-21-22-18(25)17(24)20-7-10-2-3-13-14(5-10)28-9-27-13/h2-6,8,23H,7,9H2,1H3,(H,20,24)(H,22,25)/b21-8-. The summed E-state index contributed by atoms with van der Waals surface area (Å²) in [7, 11) is 1.41. The highest BCUT2D eigenvalue weighted by molar-refractivity contribution is 9.10. The Kier molecular flexibility index (Phi) is 5.99. The number of hydrazone groups is 1. The molecule has 0 radical (unpaired) electrons. The van der Waals surface area contributed by atoms with Gasteiger partial charge in [-0.15, -0.1) is 0 Å². The highest BCUT2D eigenvalue weighted by Crippen LogP contribution is 2.34. The summed E-state index contributed by atoms with van der Waals surface area (Å²) in [6.45, 7) is 0.309. The second-order valence-corrected chi connectivity index (χ2v) is 6.48. The first kappa shape index (κ1) is 19.5. The van der Waals surface area contributed by atoms with Gasteiger partial charge in [0.25, 0.3) is 0 Å². The molecular formula is C18H16BrN3O6. The average Bonchev–Trinajstić information content (AvgIpc) is 3.16. The molecule has 3 rings (SSSR count). The zero-order valence-corrected chi connectivity index (χ0v) is 16.3. The van der Waals surface area contributed by atoms with Gasteiger partial charge in [-0.2, -0.15) is 5.10 Å². The number of rotatable bonds is 5. The number of benzene rings is 2. The van der Waals surface area contributed by atoms with Crippen molar-refractivity contribution in [1.29, 1.82) is 0 Å². The van der Waals surface area contributed by atoms with Crippen LogP contribution in [-0.2, 0) is 16.1 Å². The predicted octanol–water partition coefficient (Wildman–Crippen LogP) is 1.66. The number of methoxy groups -OCH3 is 1. The Hall–Kier alpha value is -3.27. The van der Waals surface area contributed by atoms with Crippen LogP contribution in [0.3, 0.4) is 0 Å². The summed E-state index contributed by atoms with van der Waals surface area (Å²) < 4.78 is 15.9. The Morgan fingerprint density at radius 2 is 2.04 bits per heavy atom. The number of carbonyl (C=O) groups excluding carboxylic acids is 2. The molecule has 0 saturated heterocycles. The molecule has 0 aliphatic carbocycles. The Balaban J connectivity index is 1.52. The van der Waals surface area contributed by atoms with E-state index in [1.807, 2.05) is 0 Å². The van der Waals surface area contributed by atoms with Gasteiger partial charge in [-0.1, -0.05) is 6.07 Å². The molecular weight excluding hydrogens is 434 g/mol. The van der Waals surface area contributed by atoms with Crippen molar-refractivity contribution in [1.82, 2.24) is 10.7 Å². The van der Waals surface area contributed by atoms with E-state index in [0.717, 1.165) is 5.56 Å². The minimum Gasteiger partial charge on any atom is -0.503 e. The maximum atomic E-state index is 11.9. The molecule has 1 heterocycles. The van der Waals surface area contributed by atoms with Gasteiger partial charge in [0.1, 0.15) is 0 Å². The van der Waals surface area contributed by atoms with E-state index in [2.05, 4.69) is 31.8 Å². The molecule has 9 nitrogen and oxygen atoms in total. The highest BCUT2D eigenvalue weighted by atomic mass is 79.9. The maximum absolute atomic E-state index is 11.9. The number of nitrogens with one attached hydrogen (secondary N) is 2. The Morgan fingerprint density at radius 3 is 2.82 bits per heavy atom. The monoisotopic (exact) mass is 449 g/mol. The molecule has 0 aromatic heterocycles. The Labute approximate surface area is 168 Å². The van der Waals surface area contributed by atoms with Crippen molar-refractivity contribution in [3.05, 3.63) is 45.9 Å². The van der Waals surface area contributed by atoms with Crippen molar-refractivity contribution in [3.8, 4) is 23.0 Å². The molecule has 0 fully saturated rings. The van der Waals surface area contributed by atoms with Crippen LogP contribution in [0.25, 0.3) is 0 Å². The lowest BCUT2D eigenvalue weighted by molar-refractivity contribution is -0.139. The lowest BCUT2D eigenvalue weighted by Crippen LogP contribution is -2.37. The number of hydrogen-bond donors (Lipinski definition) is 3. The molecule has 0 bridgehead atoms. The number of hydrogen-bond acceptors (Lipinski definition) is 7. The second kappa shape index (κ2) is 8.61. The Morgan fingerprint density at radius 1 is 1.25 bits per heavy atom. The van der Waals surface area contributed by atoms with E-state index in [1.165, 1.54) is 19.4 Å². The van der Waals surface area contributed by atoms with Crippen molar-refractivity contribution in [2.45, 2.75) is 6.54 Å². The van der Waals surface area contributed by atoms with Crippen LogP contribution in [0.1, 0.15) is 11.1 Å². The smallest absolute Gasteiger partial charge is 0.329 e. The van der Waals surface area contributed by atoms with Crippen LogP contribution in [-0.4, -0.2) is 37.0 Å². The average molecular weight is 450 g/mol. The van der Waals surface area contributed by atoms with E-state index < -0.39 is 11.8 Å². The minimum atomic E-state index is -0.915. The van der Waals surface area contributed by atoms with Crippen molar-refractivity contribution >= 4 is 34.0 Å². The first-order valence-electron chi connectivity index (χ1n) is 8.04. The third-order valence-corrected chi connectivity index (χ3v) is 4.35. The summed E-state index contributed by atoms with van der Waals surface area (Å²) in [5, 5.41) is 16.0. The van der Waals surface area contributed by atoms with Crippen LogP contribution < -0.4 is 25.0 Å². The van der Waals surface area contributed by atoms with Crippen molar-refractivity contribution in [2.24, 2.45) is 5.10 Å². The van der Waals surface area contributed by atoms with Gasteiger partial charge in [-0.25, -0.2) is 5.43 Å². The van der Waals surface area contributed by atoms with Crippen LogP contribution in [0.15, 0.2) is 39.9 Å². The Bertz CT molecular complexity index is 947. The largest absolute Gasteiger partial charge is 0.503 e. The number of ether oxygens (including phenoxy) is 3. The number of amides is 2. The zero-order valence-electron chi connectivity index (χ0n) is 14.7. The molecule has 0 spiro atoms. The predicted molar refractivity (Wildman–Crippen MR) is 103 cm³/mol. The fourth-order valence-electron chi connectivity index (χ4n) is 2.35. The fourth-order valence-corrected chi connectivity index (χ4v) is 2.81. The van der Waals surface area contributed by atoms with Gasteiger partial charge in [-0.3, -0.25) is 9.59 Å². The van der Waals surface area contributed by atoms with Gasteiger partial charge >= 0.3 is 11.8 Å². The molecule has 1 aliphatic rings. The van der Waals surface area contributed by atoms with E-state index in [-0.39, 0.29) is 24.8 Å². The highest BCUT2D eigenvalue weighted by Gasteiger charge is 2.15. The topological polar surface area (TPSA) is 118 Å². The summed E-state index contributed by atoms with van der Waals surface area (Å²) >= 11 is 3.18. The van der Waals surface area contributed by atoms with Crippen LogP contribution >= 0.6 is 15.9 Å². The maximum Gasteiger partial charge on any atom is 0.329 e. The lowest BCUT2D eigenvalue weighted by Gasteiger charge is -2.06. The number of halogens is 1. The van der Waals surface area contributed by atoms with Gasteiger partial charge in [0, 0.05) is 6.54 Å². The first-order chi connectivity index (χ1) is 13.5. The van der Waals surface area contributed by atoms with Crippen LogP contribution in [0.5, 0.6) is 23.0 Å².